The van der Waals surface area contributed by atoms with Crippen LogP contribution in [-0.2, 0) is 6.61 Å². The zero-order chi connectivity index (χ0) is 12.1. The Morgan fingerprint density at radius 2 is 2.18 bits per heavy atom. The second-order valence-electron chi connectivity index (χ2n) is 3.52. The van der Waals surface area contributed by atoms with Crippen molar-refractivity contribution in [3.05, 3.63) is 53.7 Å². The van der Waals surface area contributed by atoms with Gasteiger partial charge in [0.1, 0.15) is 18.2 Å². The molecule has 4 heteroatoms. The summed E-state index contributed by atoms with van der Waals surface area (Å²) < 4.78 is 5.54. The van der Waals surface area contributed by atoms with E-state index < -0.39 is 0 Å². The predicted molar refractivity (Wildman–Crippen MR) is 64.1 cm³/mol. The van der Waals surface area contributed by atoms with Crippen LogP contribution in [0, 0.1) is 11.3 Å². The maximum absolute atomic E-state index is 8.75. The van der Waals surface area contributed by atoms with Crippen LogP contribution < -0.4 is 10.5 Å². The van der Waals surface area contributed by atoms with E-state index in [0.29, 0.717) is 23.7 Å². The smallest absolute Gasteiger partial charge is 0.123 e. The van der Waals surface area contributed by atoms with Gasteiger partial charge in [-0.2, -0.15) is 5.26 Å². The van der Waals surface area contributed by atoms with Crippen LogP contribution in [0.3, 0.4) is 0 Å². The second-order valence-corrected chi connectivity index (χ2v) is 3.52. The number of nitriles is 1. The lowest BCUT2D eigenvalue weighted by atomic mass is 10.2. The van der Waals surface area contributed by atoms with E-state index in [1.54, 1.807) is 30.5 Å². The van der Waals surface area contributed by atoms with Crippen molar-refractivity contribution in [3.8, 4) is 11.8 Å². The Morgan fingerprint density at radius 1 is 1.29 bits per heavy atom. The van der Waals surface area contributed by atoms with E-state index in [-0.39, 0.29) is 0 Å². The summed E-state index contributed by atoms with van der Waals surface area (Å²) in [5, 5.41) is 8.75. The van der Waals surface area contributed by atoms with Crippen LogP contribution in [0.4, 0.5) is 5.82 Å². The highest BCUT2D eigenvalue weighted by atomic mass is 16.5. The lowest BCUT2D eigenvalue weighted by molar-refractivity contribution is 0.305. The highest BCUT2D eigenvalue weighted by Gasteiger charge is 1.98. The molecule has 4 nitrogen and oxygen atoms in total. The molecule has 1 aromatic carbocycles. The van der Waals surface area contributed by atoms with E-state index >= 15 is 0 Å². The number of benzene rings is 1. The van der Waals surface area contributed by atoms with Crippen molar-refractivity contribution in [2.75, 3.05) is 5.73 Å². The SMILES string of the molecule is N#Cc1cccc(OCc2ccc(N)nc2)c1. The molecule has 0 radical (unpaired) electrons. The predicted octanol–water partition coefficient (Wildman–Crippen LogP) is 2.11. The Balaban J connectivity index is 2.02. The van der Waals surface area contributed by atoms with Gasteiger partial charge in [-0.25, -0.2) is 4.98 Å². The molecule has 0 unspecified atom stereocenters. The molecule has 0 aliphatic heterocycles. The van der Waals surface area contributed by atoms with Crippen LogP contribution in [0.1, 0.15) is 11.1 Å². The minimum atomic E-state index is 0.405. The van der Waals surface area contributed by atoms with Gasteiger partial charge in [-0.1, -0.05) is 12.1 Å². The molecule has 0 atom stereocenters. The highest BCUT2D eigenvalue weighted by Crippen LogP contribution is 2.14. The Labute approximate surface area is 99.3 Å². The summed E-state index contributed by atoms with van der Waals surface area (Å²) in [5.74, 6) is 1.15. The Morgan fingerprint density at radius 3 is 2.88 bits per heavy atom. The fraction of sp³-hybridized carbons (Fsp3) is 0.0769. The largest absolute Gasteiger partial charge is 0.489 e. The number of hydrogen-bond donors (Lipinski definition) is 1. The molecular formula is C13H11N3O. The normalized spacial score (nSPS) is 9.59. The summed E-state index contributed by atoms with van der Waals surface area (Å²) in [4.78, 5) is 3.97. The van der Waals surface area contributed by atoms with Crippen LogP contribution in [0.15, 0.2) is 42.6 Å². The summed E-state index contributed by atoms with van der Waals surface area (Å²) in [5.41, 5.74) is 7.00. The lowest BCUT2D eigenvalue weighted by Gasteiger charge is -2.06. The minimum Gasteiger partial charge on any atom is -0.489 e. The zero-order valence-corrected chi connectivity index (χ0v) is 9.13. The molecule has 1 heterocycles. The van der Waals surface area contributed by atoms with E-state index in [2.05, 4.69) is 11.1 Å². The van der Waals surface area contributed by atoms with Gasteiger partial charge < -0.3 is 10.5 Å². The molecule has 0 saturated carbocycles. The number of nitrogen functional groups attached to an aromatic ring is 1. The van der Waals surface area contributed by atoms with E-state index in [9.17, 15) is 0 Å². The van der Waals surface area contributed by atoms with Crippen LogP contribution in [0.2, 0.25) is 0 Å². The Bertz CT molecular complexity index is 543. The average molecular weight is 225 g/mol. The quantitative estimate of drug-likeness (QED) is 0.868. The number of rotatable bonds is 3. The molecule has 2 aromatic rings. The first-order valence-corrected chi connectivity index (χ1v) is 5.11. The molecular weight excluding hydrogens is 214 g/mol. The first-order valence-electron chi connectivity index (χ1n) is 5.11. The number of pyridine rings is 1. The van der Waals surface area contributed by atoms with E-state index in [4.69, 9.17) is 15.7 Å². The summed E-state index contributed by atoms with van der Waals surface area (Å²) in [6.07, 6.45) is 1.67. The molecule has 0 bridgehead atoms. The van der Waals surface area contributed by atoms with Crippen LogP contribution in [-0.4, -0.2) is 4.98 Å². The molecule has 0 spiro atoms. The number of anilines is 1. The van der Waals surface area contributed by atoms with Crippen LogP contribution >= 0.6 is 0 Å². The van der Waals surface area contributed by atoms with Gasteiger partial charge in [0.2, 0.25) is 0 Å². The molecule has 0 aliphatic carbocycles. The summed E-state index contributed by atoms with van der Waals surface area (Å²) in [6.45, 7) is 0.405. The summed E-state index contributed by atoms with van der Waals surface area (Å²) >= 11 is 0. The van der Waals surface area contributed by atoms with Crippen molar-refractivity contribution in [1.29, 1.82) is 5.26 Å². The van der Waals surface area contributed by atoms with Crippen molar-refractivity contribution in [2.24, 2.45) is 0 Å². The number of hydrogen-bond acceptors (Lipinski definition) is 4. The van der Waals surface area contributed by atoms with E-state index in [0.717, 1.165) is 5.56 Å². The molecule has 0 amide bonds. The molecule has 17 heavy (non-hydrogen) atoms. The number of nitrogens with two attached hydrogens (primary N) is 1. The molecule has 1 aromatic heterocycles. The maximum Gasteiger partial charge on any atom is 0.123 e. The number of nitrogens with zero attached hydrogens (tertiary/aromatic N) is 2. The van der Waals surface area contributed by atoms with Gasteiger partial charge in [0.25, 0.3) is 0 Å². The summed E-state index contributed by atoms with van der Waals surface area (Å²) in [7, 11) is 0. The number of aromatic nitrogens is 1. The van der Waals surface area contributed by atoms with Crippen LogP contribution in [0.5, 0.6) is 5.75 Å². The number of ether oxygens (including phenoxy) is 1. The van der Waals surface area contributed by atoms with Crippen LogP contribution in [0.25, 0.3) is 0 Å². The third-order valence-corrected chi connectivity index (χ3v) is 2.22. The topological polar surface area (TPSA) is 71.9 Å². The van der Waals surface area contributed by atoms with Gasteiger partial charge in [-0.3, -0.25) is 0 Å². The van der Waals surface area contributed by atoms with Gasteiger partial charge >= 0.3 is 0 Å². The molecule has 84 valence electrons. The lowest BCUT2D eigenvalue weighted by Crippen LogP contribution is -1.97. The van der Waals surface area contributed by atoms with E-state index in [1.807, 2.05) is 12.1 Å². The van der Waals surface area contributed by atoms with Gasteiger partial charge in [-0.15, -0.1) is 0 Å². The Kier molecular flexibility index (Phi) is 3.22. The van der Waals surface area contributed by atoms with Crippen molar-refractivity contribution in [3.63, 3.8) is 0 Å². The van der Waals surface area contributed by atoms with Gasteiger partial charge in [0, 0.05) is 11.8 Å². The fourth-order valence-corrected chi connectivity index (χ4v) is 1.34. The first kappa shape index (κ1) is 11.0. The van der Waals surface area contributed by atoms with Gasteiger partial charge in [-0.05, 0) is 24.3 Å². The van der Waals surface area contributed by atoms with Gasteiger partial charge in [0.15, 0.2) is 0 Å². The average Bonchev–Trinajstić information content (AvgIpc) is 2.38. The maximum atomic E-state index is 8.75. The molecule has 0 aliphatic rings. The summed E-state index contributed by atoms with van der Waals surface area (Å²) in [6, 6.07) is 12.7. The molecule has 0 saturated heterocycles. The van der Waals surface area contributed by atoms with Gasteiger partial charge in [0.05, 0.1) is 11.6 Å². The van der Waals surface area contributed by atoms with Crippen molar-refractivity contribution >= 4 is 5.82 Å². The van der Waals surface area contributed by atoms with Crippen molar-refractivity contribution in [1.82, 2.24) is 4.98 Å². The monoisotopic (exact) mass is 225 g/mol. The Hall–Kier alpha value is -2.54. The van der Waals surface area contributed by atoms with Crippen molar-refractivity contribution < 1.29 is 4.74 Å². The zero-order valence-electron chi connectivity index (χ0n) is 9.13. The highest BCUT2D eigenvalue weighted by molar-refractivity contribution is 5.36. The molecule has 2 N–H and O–H groups in total. The third kappa shape index (κ3) is 2.95. The third-order valence-electron chi connectivity index (χ3n) is 2.22. The molecule has 0 fully saturated rings. The van der Waals surface area contributed by atoms with Crippen molar-refractivity contribution in [2.45, 2.75) is 6.61 Å². The minimum absolute atomic E-state index is 0.405. The van der Waals surface area contributed by atoms with E-state index in [1.165, 1.54) is 0 Å². The second kappa shape index (κ2) is 4.99. The standard InChI is InChI=1S/C13H11N3O/c14-7-10-2-1-3-12(6-10)17-9-11-4-5-13(15)16-8-11/h1-6,8H,9H2,(H2,15,16). The first-order chi connectivity index (χ1) is 8.28. The fourth-order valence-electron chi connectivity index (χ4n) is 1.34. The molecule has 2 rings (SSSR count).